The highest BCUT2D eigenvalue weighted by Crippen LogP contribution is 2.30. The molecular formula is C17H20BrNOS. The van der Waals surface area contributed by atoms with Crippen molar-refractivity contribution in [2.75, 3.05) is 14.2 Å². The number of benzene rings is 2. The molecule has 112 valence electrons. The maximum Gasteiger partial charge on any atom is 0.122 e. The lowest BCUT2D eigenvalue weighted by Crippen LogP contribution is -2.11. The minimum Gasteiger partial charge on any atom is -0.496 e. The first-order valence-electron chi connectivity index (χ1n) is 6.86. The maximum absolute atomic E-state index is 5.41. The van der Waals surface area contributed by atoms with Crippen LogP contribution in [0.5, 0.6) is 5.75 Å². The Morgan fingerprint density at radius 3 is 2.52 bits per heavy atom. The van der Waals surface area contributed by atoms with E-state index >= 15 is 0 Å². The predicted molar refractivity (Wildman–Crippen MR) is 94.2 cm³/mol. The number of methoxy groups -OCH3 is 1. The number of rotatable bonds is 6. The van der Waals surface area contributed by atoms with Gasteiger partial charge in [-0.1, -0.05) is 28.1 Å². The second kappa shape index (κ2) is 7.87. The molecule has 0 aliphatic carbocycles. The number of hydrogen-bond acceptors (Lipinski definition) is 3. The van der Waals surface area contributed by atoms with Gasteiger partial charge in [-0.15, -0.1) is 11.8 Å². The van der Waals surface area contributed by atoms with Crippen molar-refractivity contribution < 1.29 is 4.74 Å². The van der Waals surface area contributed by atoms with Gasteiger partial charge in [0.2, 0.25) is 0 Å². The molecule has 1 unspecified atom stereocenters. The minimum absolute atomic E-state index is 0.384. The summed E-state index contributed by atoms with van der Waals surface area (Å²) in [6, 6.07) is 15.2. The fraction of sp³-hybridized carbons (Fsp3) is 0.294. The molecule has 0 bridgehead atoms. The quantitative estimate of drug-likeness (QED) is 0.725. The third-order valence-electron chi connectivity index (χ3n) is 3.45. The van der Waals surface area contributed by atoms with Crippen molar-refractivity contribution in [1.82, 2.24) is 5.32 Å². The molecule has 4 heteroatoms. The Morgan fingerprint density at radius 1 is 1.19 bits per heavy atom. The summed E-state index contributed by atoms with van der Waals surface area (Å²) < 4.78 is 6.49. The molecule has 0 fully saturated rings. The van der Waals surface area contributed by atoms with Crippen molar-refractivity contribution >= 4 is 27.7 Å². The molecule has 0 spiro atoms. The second-order valence-electron chi connectivity index (χ2n) is 4.82. The molecular weight excluding hydrogens is 346 g/mol. The van der Waals surface area contributed by atoms with Crippen molar-refractivity contribution in [3.63, 3.8) is 0 Å². The first-order chi connectivity index (χ1) is 10.1. The molecule has 0 aliphatic heterocycles. The average molecular weight is 366 g/mol. The first-order valence-corrected chi connectivity index (χ1v) is 8.64. The van der Waals surface area contributed by atoms with Gasteiger partial charge in [0.05, 0.1) is 7.11 Å². The zero-order chi connectivity index (χ0) is 15.2. The fourth-order valence-electron chi connectivity index (χ4n) is 2.04. The molecule has 0 saturated heterocycles. The molecule has 2 rings (SSSR count). The summed E-state index contributed by atoms with van der Waals surface area (Å²) >= 11 is 5.33. The van der Waals surface area contributed by atoms with Gasteiger partial charge in [0.15, 0.2) is 0 Å². The molecule has 0 radical (unpaired) electrons. The van der Waals surface area contributed by atoms with Gasteiger partial charge in [-0.05, 0) is 49.9 Å². The molecule has 0 aromatic heterocycles. The van der Waals surface area contributed by atoms with Crippen LogP contribution in [-0.4, -0.2) is 14.2 Å². The summed E-state index contributed by atoms with van der Waals surface area (Å²) in [5.41, 5.74) is 2.51. The molecule has 2 aromatic rings. The van der Waals surface area contributed by atoms with E-state index in [0.717, 1.165) is 16.0 Å². The summed E-state index contributed by atoms with van der Waals surface area (Å²) in [5, 5.41) is 3.25. The molecule has 2 aromatic carbocycles. The summed E-state index contributed by atoms with van der Waals surface area (Å²) in [6.45, 7) is 2.16. The standard InChI is InChI=1S/C17H20BrNOS/c1-12(19-2)13-4-7-16(8-5-13)21-11-14-10-15(18)6-9-17(14)20-3/h4-10,12,19H,11H2,1-3H3. The lowest BCUT2D eigenvalue weighted by Gasteiger charge is -2.12. The third kappa shape index (κ3) is 4.50. The van der Waals surface area contributed by atoms with Gasteiger partial charge < -0.3 is 10.1 Å². The number of halogens is 1. The van der Waals surface area contributed by atoms with Crippen LogP contribution in [0, 0.1) is 0 Å². The van der Waals surface area contributed by atoms with E-state index in [-0.39, 0.29) is 0 Å². The highest BCUT2D eigenvalue weighted by atomic mass is 79.9. The second-order valence-corrected chi connectivity index (χ2v) is 6.79. The molecule has 21 heavy (non-hydrogen) atoms. The van der Waals surface area contributed by atoms with Crippen LogP contribution in [0.25, 0.3) is 0 Å². The van der Waals surface area contributed by atoms with Crippen LogP contribution in [0.15, 0.2) is 51.8 Å². The molecule has 2 nitrogen and oxygen atoms in total. The largest absolute Gasteiger partial charge is 0.496 e. The van der Waals surface area contributed by atoms with Crippen LogP contribution in [0.4, 0.5) is 0 Å². The number of nitrogens with one attached hydrogen (secondary N) is 1. The monoisotopic (exact) mass is 365 g/mol. The summed E-state index contributed by atoms with van der Waals surface area (Å²) in [4.78, 5) is 1.27. The highest BCUT2D eigenvalue weighted by Gasteiger charge is 2.06. The molecule has 1 N–H and O–H groups in total. The Kier molecular flexibility index (Phi) is 6.15. The number of ether oxygens (including phenoxy) is 1. The van der Waals surface area contributed by atoms with Gasteiger partial charge in [0.25, 0.3) is 0 Å². The minimum atomic E-state index is 0.384. The van der Waals surface area contributed by atoms with Gasteiger partial charge in [-0.2, -0.15) is 0 Å². The van der Waals surface area contributed by atoms with E-state index in [0.29, 0.717) is 6.04 Å². The zero-order valence-electron chi connectivity index (χ0n) is 12.5. The van der Waals surface area contributed by atoms with E-state index < -0.39 is 0 Å². The van der Waals surface area contributed by atoms with Crippen molar-refractivity contribution in [2.24, 2.45) is 0 Å². The third-order valence-corrected chi connectivity index (χ3v) is 5.00. The van der Waals surface area contributed by atoms with E-state index in [4.69, 9.17) is 4.74 Å². The summed E-state index contributed by atoms with van der Waals surface area (Å²) in [7, 11) is 3.69. The molecule has 0 amide bonds. The van der Waals surface area contributed by atoms with Gasteiger partial charge >= 0.3 is 0 Å². The Bertz CT molecular complexity index is 586. The van der Waals surface area contributed by atoms with Crippen molar-refractivity contribution in [3.8, 4) is 5.75 Å². The van der Waals surface area contributed by atoms with Crippen LogP contribution in [-0.2, 0) is 5.75 Å². The SMILES string of the molecule is CNC(C)c1ccc(SCc2cc(Br)ccc2OC)cc1. The Labute approximate surface area is 139 Å². The van der Waals surface area contributed by atoms with Crippen molar-refractivity contribution in [2.45, 2.75) is 23.6 Å². The predicted octanol–water partition coefficient (Wildman–Crippen LogP) is 5.03. The zero-order valence-corrected chi connectivity index (χ0v) is 14.9. The van der Waals surface area contributed by atoms with Gasteiger partial charge in [0, 0.05) is 26.7 Å². The van der Waals surface area contributed by atoms with Crippen LogP contribution >= 0.6 is 27.7 Å². The maximum atomic E-state index is 5.41. The summed E-state index contributed by atoms with van der Waals surface area (Å²) in [6.07, 6.45) is 0. The lowest BCUT2D eigenvalue weighted by atomic mass is 10.1. The summed E-state index contributed by atoms with van der Waals surface area (Å²) in [5.74, 6) is 1.83. The van der Waals surface area contributed by atoms with E-state index in [1.54, 1.807) is 7.11 Å². The Balaban J connectivity index is 2.04. The van der Waals surface area contributed by atoms with E-state index in [2.05, 4.69) is 58.5 Å². The lowest BCUT2D eigenvalue weighted by molar-refractivity contribution is 0.411. The van der Waals surface area contributed by atoms with Crippen LogP contribution in [0.2, 0.25) is 0 Å². The normalized spacial score (nSPS) is 12.2. The first kappa shape index (κ1) is 16.4. The van der Waals surface area contributed by atoms with Crippen molar-refractivity contribution in [1.29, 1.82) is 0 Å². The molecule has 0 aliphatic rings. The van der Waals surface area contributed by atoms with E-state index in [1.807, 2.05) is 30.9 Å². The van der Waals surface area contributed by atoms with Gasteiger partial charge in [-0.25, -0.2) is 0 Å². The molecule has 1 atom stereocenters. The smallest absolute Gasteiger partial charge is 0.122 e. The van der Waals surface area contributed by atoms with Gasteiger partial charge in [-0.3, -0.25) is 0 Å². The van der Waals surface area contributed by atoms with Crippen LogP contribution in [0.3, 0.4) is 0 Å². The Hall–Kier alpha value is -0.970. The van der Waals surface area contributed by atoms with E-state index in [1.165, 1.54) is 16.0 Å². The van der Waals surface area contributed by atoms with Crippen molar-refractivity contribution in [3.05, 3.63) is 58.1 Å². The number of thioether (sulfide) groups is 1. The Morgan fingerprint density at radius 2 is 1.90 bits per heavy atom. The molecule has 0 heterocycles. The van der Waals surface area contributed by atoms with E-state index in [9.17, 15) is 0 Å². The van der Waals surface area contributed by atoms with Gasteiger partial charge in [0.1, 0.15) is 5.75 Å². The average Bonchev–Trinajstić information content (AvgIpc) is 2.52. The highest BCUT2D eigenvalue weighted by molar-refractivity contribution is 9.10. The number of hydrogen-bond donors (Lipinski definition) is 1. The fourth-order valence-corrected chi connectivity index (χ4v) is 3.33. The molecule has 0 saturated carbocycles. The van der Waals surface area contributed by atoms with Crippen LogP contribution in [0.1, 0.15) is 24.1 Å². The topological polar surface area (TPSA) is 21.3 Å². The van der Waals surface area contributed by atoms with Crippen LogP contribution < -0.4 is 10.1 Å².